The zero-order chi connectivity index (χ0) is 24.8. The van der Waals surface area contributed by atoms with Gasteiger partial charge in [-0.2, -0.15) is 4.31 Å². The first-order valence-corrected chi connectivity index (χ1v) is 13.1. The van der Waals surface area contributed by atoms with E-state index >= 15 is 0 Å². The molecule has 7 nitrogen and oxygen atoms in total. The van der Waals surface area contributed by atoms with Crippen molar-refractivity contribution in [2.24, 2.45) is 0 Å². The predicted molar refractivity (Wildman–Crippen MR) is 134 cm³/mol. The number of hydrogen-bond acceptors (Lipinski definition) is 5. The molecule has 0 bridgehead atoms. The molecule has 3 aromatic rings. The molecule has 1 saturated heterocycles. The summed E-state index contributed by atoms with van der Waals surface area (Å²) >= 11 is 0. The van der Waals surface area contributed by atoms with Crippen LogP contribution in [-0.2, 0) is 16.6 Å². The highest BCUT2D eigenvalue weighted by atomic mass is 32.2. The molecule has 2 atom stereocenters. The summed E-state index contributed by atoms with van der Waals surface area (Å²) in [5.74, 6) is 0.258. The van der Waals surface area contributed by atoms with Gasteiger partial charge in [-0.3, -0.25) is 4.79 Å². The van der Waals surface area contributed by atoms with E-state index in [1.165, 1.54) is 4.31 Å². The quantitative estimate of drug-likeness (QED) is 0.524. The molecule has 2 unspecified atom stereocenters. The van der Waals surface area contributed by atoms with Crippen LogP contribution >= 0.6 is 0 Å². The van der Waals surface area contributed by atoms with Crippen LogP contribution in [0.3, 0.4) is 0 Å². The zero-order valence-corrected chi connectivity index (χ0v) is 20.4. The highest BCUT2D eigenvalue weighted by molar-refractivity contribution is 7.89. The number of benzene rings is 3. The molecule has 1 amide bonds. The molecule has 1 heterocycles. The summed E-state index contributed by atoms with van der Waals surface area (Å²) in [6.07, 6.45) is 0.0640. The third kappa shape index (κ3) is 6.28. The Bertz CT molecular complexity index is 1230. The number of carbonyl (C=O) groups is 1. The number of aryl methyl sites for hydroxylation is 1. The summed E-state index contributed by atoms with van der Waals surface area (Å²) in [6, 6.07) is 22.5. The van der Waals surface area contributed by atoms with E-state index < -0.39 is 22.2 Å². The summed E-state index contributed by atoms with van der Waals surface area (Å²) < 4.78 is 33.5. The number of carbonyl (C=O) groups excluding carboxylic acids is 1. The largest absolute Gasteiger partial charge is 0.489 e. The van der Waals surface area contributed by atoms with Gasteiger partial charge in [0.2, 0.25) is 10.0 Å². The molecule has 3 aromatic carbocycles. The van der Waals surface area contributed by atoms with Crippen molar-refractivity contribution in [3.8, 4) is 5.75 Å². The Balaban J connectivity index is 1.41. The van der Waals surface area contributed by atoms with Crippen LogP contribution in [0.25, 0.3) is 0 Å². The van der Waals surface area contributed by atoms with Gasteiger partial charge in [-0.05, 0) is 61.7 Å². The number of hydrogen-bond donors (Lipinski definition) is 2. The van der Waals surface area contributed by atoms with Gasteiger partial charge in [-0.15, -0.1) is 0 Å². The lowest BCUT2D eigenvalue weighted by Gasteiger charge is -2.26. The molecule has 2 N–H and O–H groups in total. The highest BCUT2D eigenvalue weighted by Crippen LogP contribution is 2.22. The smallest absolute Gasteiger partial charge is 0.251 e. The fourth-order valence-electron chi connectivity index (χ4n) is 4.02. The molecule has 0 spiro atoms. The van der Waals surface area contributed by atoms with Gasteiger partial charge in [-0.1, -0.05) is 48.0 Å². The van der Waals surface area contributed by atoms with Gasteiger partial charge in [0, 0.05) is 18.7 Å². The molecular formula is C27H30N2O5S. The maximum Gasteiger partial charge on any atom is 0.251 e. The zero-order valence-electron chi connectivity index (χ0n) is 19.6. The molecule has 0 saturated carbocycles. The topological polar surface area (TPSA) is 95.9 Å². The lowest BCUT2D eigenvalue weighted by Crippen LogP contribution is -2.49. The Morgan fingerprint density at radius 3 is 2.40 bits per heavy atom. The molecule has 1 aliphatic rings. The standard InChI is InChI=1S/C27H30N2O5S/c1-20-9-15-24(16-10-20)35(32,33)29-17-5-8-26(30)25(18-29)28-27(31)22-11-13-23(14-12-22)34-19-21-6-3-2-4-7-21/h2-4,6-7,9-16,25-26,30H,5,8,17-19H2,1H3,(H,28,31). The van der Waals surface area contributed by atoms with Gasteiger partial charge >= 0.3 is 0 Å². The van der Waals surface area contributed by atoms with Gasteiger partial charge in [0.1, 0.15) is 12.4 Å². The first kappa shape index (κ1) is 24.9. The Kier molecular flexibility index (Phi) is 7.85. The number of nitrogens with one attached hydrogen (secondary N) is 1. The number of nitrogens with zero attached hydrogens (tertiary/aromatic N) is 1. The maximum atomic E-state index is 13.2. The Labute approximate surface area is 206 Å². The van der Waals surface area contributed by atoms with Crippen molar-refractivity contribution in [1.29, 1.82) is 0 Å². The minimum atomic E-state index is -3.74. The van der Waals surface area contributed by atoms with Crippen LogP contribution in [0.2, 0.25) is 0 Å². The van der Waals surface area contributed by atoms with Crippen molar-refractivity contribution >= 4 is 15.9 Å². The second-order valence-corrected chi connectivity index (χ2v) is 10.7. The van der Waals surface area contributed by atoms with E-state index in [0.717, 1.165) is 11.1 Å². The van der Waals surface area contributed by atoms with E-state index in [-0.39, 0.29) is 23.9 Å². The van der Waals surface area contributed by atoms with Crippen molar-refractivity contribution in [2.45, 2.75) is 43.4 Å². The Morgan fingerprint density at radius 2 is 1.71 bits per heavy atom. The molecule has 0 aromatic heterocycles. The normalized spacial score (nSPS) is 19.0. The fourth-order valence-corrected chi connectivity index (χ4v) is 5.53. The summed E-state index contributed by atoms with van der Waals surface area (Å²) in [7, 11) is -3.74. The van der Waals surface area contributed by atoms with Crippen LogP contribution in [-0.4, -0.2) is 49.0 Å². The van der Waals surface area contributed by atoms with Crippen LogP contribution < -0.4 is 10.1 Å². The minimum absolute atomic E-state index is 0.00138. The second-order valence-electron chi connectivity index (χ2n) is 8.76. The molecule has 1 fully saturated rings. The fraction of sp³-hybridized carbons (Fsp3) is 0.296. The molecule has 4 rings (SSSR count). The first-order chi connectivity index (χ1) is 16.8. The molecule has 35 heavy (non-hydrogen) atoms. The summed E-state index contributed by atoms with van der Waals surface area (Å²) in [5.41, 5.74) is 2.42. The number of aliphatic hydroxyl groups is 1. The molecule has 0 radical (unpaired) electrons. The third-order valence-electron chi connectivity index (χ3n) is 6.11. The lowest BCUT2D eigenvalue weighted by atomic mass is 10.1. The van der Waals surface area contributed by atoms with E-state index in [0.29, 0.717) is 30.8 Å². The van der Waals surface area contributed by atoms with Gasteiger partial charge in [0.05, 0.1) is 17.0 Å². The van der Waals surface area contributed by atoms with Crippen LogP contribution in [0.4, 0.5) is 0 Å². The summed E-state index contributed by atoms with van der Waals surface area (Å²) in [5, 5.41) is 13.4. The number of amides is 1. The van der Waals surface area contributed by atoms with Crippen LogP contribution in [0.15, 0.2) is 83.8 Å². The first-order valence-electron chi connectivity index (χ1n) is 11.7. The SMILES string of the molecule is Cc1ccc(S(=O)(=O)N2CCCC(O)C(NC(=O)c3ccc(OCc4ccccc4)cc3)C2)cc1. The molecule has 8 heteroatoms. The van der Waals surface area contributed by atoms with E-state index in [1.807, 2.05) is 37.3 Å². The van der Waals surface area contributed by atoms with E-state index in [9.17, 15) is 18.3 Å². The van der Waals surface area contributed by atoms with Gasteiger partial charge < -0.3 is 15.2 Å². The highest BCUT2D eigenvalue weighted by Gasteiger charge is 2.33. The van der Waals surface area contributed by atoms with Crippen molar-refractivity contribution in [2.75, 3.05) is 13.1 Å². The lowest BCUT2D eigenvalue weighted by molar-refractivity contribution is 0.0820. The van der Waals surface area contributed by atoms with Gasteiger partial charge in [0.25, 0.3) is 5.91 Å². The van der Waals surface area contributed by atoms with E-state index in [1.54, 1.807) is 48.5 Å². The average molecular weight is 495 g/mol. The third-order valence-corrected chi connectivity index (χ3v) is 7.99. The van der Waals surface area contributed by atoms with Crippen LogP contribution in [0.5, 0.6) is 5.75 Å². The van der Waals surface area contributed by atoms with Crippen LogP contribution in [0, 0.1) is 6.92 Å². The Hall–Kier alpha value is -3.20. The molecule has 1 aliphatic heterocycles. The van der Waals surface area contributed by atoms with Crippen LogP contribution in [0.1, 0.15) is 34.3 Å². The van der Waals surface area contributed by atoms with Gasteiger partial charge in [0.15, 0.2) is 0 Å². The minimum Gasteiger partial charge on any atom is -0.489 e. The summed E-state index contributed by atoms with van der Waals surface area (Å²) in [4.78, 5) is 13.1. The second kappa shape index (κ2) is 11.0. The number of sulfonamides is 1. The molecular weight excluding hydrogens is 464 g/mol. The number of aliphatic hydroxyl groups excluding tert-OH is 1. The van der Waals surface area contributed by atoms with Crippen molar-refractivity contribution < 1.29 is 23.1 Å². The molecule has 0 aliphatic carbocycles. The van der Waals surface area contributed by atoms with Crippen molar-refractivity contribution in [1.82, 2.24) is 9.62 Å². The van der Waals surface area contributed by atoms with Gasteiger partial charge in [-0.25, -0.2) is 8.42 Å². The number of ether oxygens (including phenoxy) is 1. The monoisotopic (exact) mass is 494 g/mol. The molecule has 184 valence electrons. The van der Waals surface area contributed by atoms with Crippen molar-refractivity contribution in [3.05, 3.63) is 95.6 Å². The van der Waals surface area contributed by atoms with E-state index in [4.69, 9.17) is 4.74 Å². The predicted octanol–water partition coefficient (Wildman–Crippen LogP) is 3.52. The number of rotatable bonds is 7. The Morgan fingerprint density at radius 1 is 1.03 bits per heavy atom. The van der Waals surface area contributed by atoms with E-state index in [2.05, 4.69) is 5.32 Å². The van der Waals surface area contributed by atoms with Crippen molar-refractivity contribution in [3.63, 3.8) is 0 Å². The average Bonchev–Trinajstić information content (AvgIpc) is 3.05. The summed E-state index contributed by atoms with van der Waals surface area (Å²) in [6.45, 7) is 2.60. The maximum absolute atomic E-state index is 13.2.